The Labute approximate surface area is 153 Å². The van der Waals surface area contributed by atoms with Crippen molar-refractivity contribution in [3.05, 3.63) is 53.1 Å². The van der Waals surface area contributed by atoms with Crippen LogP contribution in [-0.2, 0) is 11.2 Å². The smallest absolute Gasteiger partial charge is 0.224 e. The highest BCUT2D eigenvalue weighted by Crippen LogP contribution is 2.28. The number of para-hydroxylation sites is 1. The summed E-state index contributed by atoms with van der Waals surface area (Å²) in [5, 5.41) is 3.31. The van der Waals surface area contributed by atoms with E-state index in [-0.39, 0.29) is 24.4 Å². The highest BCUT2D eigenvalue weighted by atomic mass is 35.5. The molecule has 0 aliphatic heterocycles. The fourth-order valence-electron chi connectivity index (χ4n) is 2.16. The number of amides is 1. The standard InChI is InChI=1S/C18H21ClN2O2.ClH/c1-12(2)23-17-9-8-14(11-15(17)19)21-18(22)10-7-13-5-3-4-6-16(13)20;/h3-6,8-9,11-12H,7,10,20H2,1-2H3,(H,21,22);1H. The zero-order chi connectivity index (χ0) is 16.8. The van der Waals surface area contributed by atoms with Gasteiger partial charge in [-0.05, 0) is 50.1 Å². The van der Waals surface area contributed by atoms with Crippen LogP contribution in [0.2, 0.25) is 5.02 Å². The molecule has 0 unspecified atom stereocenters. The Balaban J connectivity index is 0.00000288. The van der Waals surface area contributed by atoms with Gasteiger partial charge < -0.3 is 15.8 Å². The lowest BCUT2D eigenvalue weighted by molar-refractivity contribution is -0.116. The molecule has 0 aliphatic carbocycles. The van der Waals surface area contributed by atoms with E-state index in [4.69, 9.17) is 22.1 Å². The van der Waals surface area contributed by atoms with Gasteiger partial charge in [-0.25, -0.2) is 0 Å². The number of anilines is 2. The maximum absolute atomic E-state index is 12.0. The van der Waals surface area contributed by atoms with Crippen molar-refractivity contribution >= 4 is 41.3 Å². The molecule has 0 radical (unpaired) electrons. The molecule has 0 aromatic heterocycles. The maximum Gasteiger partial charge on any atom is 0.224 e. The molecule has 0 heterocycles. The molecule has 0 aliphatic rings. The first-order valence-electron chi connectivity index (χ1n) is 7.55. The average Bonchev–Trinajstić information content (AvgIpc) is 2.49. The van der Waals surface area contributed by atoms with E-state index < -0.39 is 0 Å². The van der Waals surface area contributed by atoms with Crippen molar-refractivity contribution in [1.82, 2.24) is 0 Å². The summed E-state index contributed by atoms with van der Waals surface area (Å²) >= 11 is 6.16. The minimum atomic E-state index is -0.0816. The van der Waals surface area contributed by atoms with Crippen LogP contribution in [0.25, 0.3) is 0 Å². The molecule has 2 rings (SSSR count). The first kappa shape index (κ1) is 20.1. The van der Waals surface area contributed by atoms with E-state index in [0.29, 0.717) is 35.0 Å². The van der Waals surface area contributed by atoms with Gasteiger partial charge in [0.1, 0.15) is 5.75 Å². The van der Waals surface area contributed by atoms with Gasteiger partial charge in [0.25, 0.3) is 0 Å². The van der Waals surface area contributed by atoms with Crippen molar-refractivity contribution in [2.45, 2.75) is 32.8 Å². The van der Waals surface area contributed by atoms with Crippen LogP contribution in [0.3, 0.4) is 0 Å². The van der Waals surface area contributed by atoms with Crippen molar-refractivity contribution in [1.29, 1.82) is 0 Å². The minimum Gasteiger partial charge on any atom is -0.489 e. The summed E-state index contributed by atoms with van der Waals surface area (Å²) in [5.41, 5.74) is 8.20. The fraction of sp³-hybridized carbons (Fsp3) is 0.278. The van der Waals surface area contributed by atoms with E-state index in [1.54, 1.807) is 18.2 Å². The van der Waals surface area contributed by atoms with Crippen LogP contribution in [0, 0.1) is 0 Å². The Morgan fingerprint density at radius 2 is 1.96 bits per heavy atom. The molecule has 130 valence electrons. The lowest BCUT2D eigenvalue weighted by Gasteiger charge is -2.13. The Kier molecular flexibility index (Phi) is 7.89. The van der Waals surface area contributed by atoms with Gasteiger partial charge >= 0.3 is 0 Å². The van der Waals surface area contributed by atoms with E-state index in [2.05, 4.69) is 5.32 Å². The van der Waals surface area contributed by atoms with Crippen molar-refractivity contribution in [2.24, 2.45) is 0 Å². The molecule has 6 heteroatoms. The molecule has 0 saturated carbocycles. The minimum absolute atomic E-state index is 0. The zero-order valence-electron chi connectivity index (χ0n) is 13.7. The normalized spacial score (nSPS) is 10.2. The van der Waals surface area contributed by atoms with Crippen molar-refractivity contribution in [3.63, 3.8) is 0 Å². The number of ether oxygens (including phenoxy) is 1. The molecule has 2 aromatic rings. The highest BCUT2D eigenvalue weighted by molar-refractivity contribution is 6.32. The first-order valence-corrected chi connectivity index (χ1v) is 7.93. The number of hydrogen-bond donors (Lipinski definition) is 2. The summed E-state index contributed by atoms with van der Waals surface area (Å²) in [5.74, 6) is 0.526. The van der Waals surface area contributed by atoms with Gasteiger partial charge in [-0.15, -0.1) is 12.4 Å². The summed E-state index contributed by atoms with van der Waals surface area (Å²) in [4.78, 5) is 12.0. The summed E-state index contributed by atoms with van der Waals surface area (Å²) in [6, 6.07) is 12.8. The van der Waals surface area contributed by atoms with E-state index in [1.165, 1.54) is 0 Å². The Morgan fingerprint density at radius 3 is 2.58 bits per heavy atom. The van der Waals surface area contributed by atoms with Gasteiger partial charge in [0, 0.05) is 17.8 Å². The Morgan fingerprint density at radius 1 is 1.25 bits per heavy atom. The predicted molar refractivity (Wildman–Crippen MR) is 102 cm³/mol. The number of nitrogens with two attached hydrogens (primary N) is 1. The van der Waals surface area contributed by atoms with Gasteiger partial charge in [-0.1, -0.05) is 29.8 Å². The molecule has 1 amide bonds. The van der Waals surface area contributed by atoms with E-state index in [9.17, 15) is 4.79 Å². The number of carbonyl (C=O) groups excluding carboxylic acids is 1. The van der Waals surface area contributed by atoms with Gasteiger partial charge in [0.05, 0.1) is 11.1 Å². The molecule has 0 bridgehead atoms. The summed E-state index contributed by atoms with van der Waals surface area (Å²) in [7, 11) is 0. The number of nitrogens with one attached hydrogen (secondary N) is 1. The van der Waals surface area contributed by atoms with Gasteiger partial charge in [-0.2, -0.15) is 0 Å². The number of nitrogen functional groups attached to an aromatic ring is 1. The third kappa shape index (κ3) is 5.95. The number of rotatable bonds is 6. The third-order valence-electron chi connectivity index (χ3n) is 3.25. The SMILES string of the molecule is CC(C)Oc1ccc(NC(=O)CCc2ccccc2N)cc1Cl.Cl. The largest absolute Gasteiger partial charge is 0.489 e. The molecular formula is C18H22Cl2N2O2. The van der Waals surface area contributed by atoms with E-state index in [1.807, 2.05) is 38.1 Å². The van der Waals surface area contributed by atoms with Crippen molar-refractivity contribution in [2.75, 3.05) is 11.1 Å². The third-order valence-corrected chi connectivity index (χ3v) is 3.55. The summed E-state index contributed by atoms with van der Waals surface area (Å²) in [6.45, 7) is 3.86. The lowest BCUT2D eigenvalue weighted by atomic mass is 10.1. The first-order chi connectivity index (χ1) is 11.0. The van der Waals surface area contributed by atoms with Crippen LogP contribution < -0.4 is 15.8 Å². The van der Waals surface area contributed by atoms with Crippen LogP contribution in [0.15, 0.2) is 42.5 Å². The van der Waals surface area contributed by atoms with Crippen molar-refractivity contribution < 1.29 is 9.53 Å². The van der Waals surface area contributed by atoms with Crippen LogP contribution in [0.5, 0.6) is 5.75 Å². The molecule has 0 atom stereocenters. The number of benzene rings is 2. The van der Waals surface area contributed by atoms with Crippen LogP contribution in [-0.4, -0.2) is 12.0 Å². The Bertz CT molecular complexity index is 690. The predicted octanol–water partition coefficient (Wildman–Crippen LogP) is 4.70. The van der Waals surface area contributed by atoms with E-state index >= 15 is 0 Å². The number of halogens is 2. The Hall–Kier alpha value is -1.91. The number of aryl methyl sites for hydroxylation is 1. The molecule has 3 N–H and O–H groups in total. The van der Waals surface area contributed by atoms with E-state index in [0.717, 1.165) is 5.56 Å². The average molecular weight is 369 g/mol. The molecular weight excluding hydrogens is 347 g/mol. The molecule has 2 aromatic carbocycles. The van der Waals surface area contributed by atoms with Crippen LogP contribution in [0.4, 0.5) is 11.4 Å². The lowest BCUT2D eigenvalue weighted by Crippen LogP contribution is -2.13. The quantitative estimate of drug-likeness (QED) is 0.726. The molecule has 4 nitrogen and oxygen atoms in total. The molecule has 0 spiro atoms. The van der Waals surface area contributed by atoms with Gasteiger partial charge in [0.2, 0.25) is 5.91 Å². The second-order valence-corrected chi connectivity index (χ2v) is 5.97. The van der Waals surface area contributed by atoms with Crippen molar-refractivity contribution in [3.8, 4) is 5.75 Å². The van der Waals surface area contributed by atoms with Gasteiger partial charge in [0.15, 0.2) is 0 Å². The maximum atomic E-state index is 12.0. The highest BCUT2D eigenvalue weighted by Gasteiger charge is 2.08. The number of carbonyl (C=O) groups is 1. The van der Waals surface area contributed by atoms with Crippen LogP contribution >= 0.6 is 24.0 Å². The van der Waals surface area contributed by atoms with Gasteiger partial charge in [-0.3, -0.25) is 4.79 Å². The van der Waals surface area contributed by atoms with Crippen LogP contribution in [0.1, 0.15) is 25.8 Å². The second-order valence-electron chi connectivity index (χ2n) is 5.56. The number of hydrogen-bond acceptors (Lipinski definition) is 3. The zero-order valence-corrected chi connectivity index (χ0v) is 15.3. The topological polar surface area (TPSA) is 64.3 Å². The fourth-order valence-corrected chi connectivity index (χ4v) is 2.39. The summed E-state index contributed by atoms with van der Waals surface area (Å²) in [6.07, 6.45) is 1.00. The molecule has 24 heavy (non-hydrogen) atoms. The monoisotopic (exact) mass is 368 g/mol. The molecule has 0 fully saturated rings. The summed E-state index contributed by atoms with van der Waals surface area (Å²) < 4.78 is 5.56. The molecule has 0 saturated heterocycles. The second kappa shape index (κ2) is 9.40.